The summed E-state index contributed by atoms with van der Waals surface area (Å²) in [5.41, 5.74) is 4.92. The highest BCUT2D eigenvalue weighted by Gasteiger charge is 2.37. The third-order valence-corrected chi connectivity index (χ3v) is 6.19. The highest BCUT2D eigenvalue weighted by molar-refractivity contribution is 8.15. The lowest BCUT2D eigenvalue weighted by atomic mass is 10.0. The Morgan fingerprint density at radius 3 is 2.52 bits per heavy atom. The Morgan fingerprint density at radius 1 is 1.17 bits per heavy atom. The Labute approximate surface area is 176 Å². The predicted octanol–water partition coefficient (Wildman–Crippen LogP) is 5.02. The number of carbonyl (C=O) groups is 2. The normalized spacial score (nSPS) is 18.0. The molecule has 0 saturated carbocycles. The maximum absolute atomic E-state index is 12.6. The molecule has 1 atom stereocenters. The molecule has 1 saturated heterocycles. The fourth-order valence-electron chi connectivity index (χ4n) is 3.08. The van der Waals surface area contributed by atoms with Gasteiger partial charge in [-0.25, -0.2) is 4.99 Å². The van der Waals surface area contributed by atoms with E-state index in [-0.39, 0.29) is 18.2 Å². The Balaban J connectivity index is 1.68. The predicted molar refractivity (Wildman–Crippen MR) is 121 cm³/mol. The van der Waals surface area contributed by atoms with Crippen LogP contribution in [0.2, 0.25) is 0 Å². The van der Waals surface area contributed by atoms with Crippen molar-refractivity contribution in [1.29, 1.82) is 0 Å². The minimum atomic E-state index is -0.459. The van der Waals surface area contributed by atoms with Crippen molar-refractivity contribution >= 4 is 40.1 Å². The van der Waals surface area contributed by atoms with Gasteiger partial charge >= 0.3 is 0 Å². The topological polar surface area (TPSA) is 61.8 Å². The van der Waals surface area contributed by atoms with E-state index < -0.39 is 5.25 Å². The van der Waals surface area contributed by atoms with E-state index in [1.807, 2.05) is 44.2 Å². The molecule has 0 radical (unpaired) electrons. The van der Waals surface area contributed by atoms with E-state index in [0.717, 1.165) is 22.5 Å². The number of aryl methyl sites for hydroxylation is 2. The number of nitrogens with one attached hydrogen (secondary N) is 1. The van der Waals surface area contributed by atoms with E-state index in [4.69, 9.17) is 0 Å². The largest absolute Gasteiger partial charge is 0.326 e. The van der Waals surface area contributed by atoms with Gasteiger partial charge in [0.05, 0.1) is 5.69 Å². The molecule has 6 heteroatoms. The van der Waals surface area contributed by atoms with Gasteiger partial charge in [0.2, 0.25) is 11.8 Å². The van der Waals surface area contributed by atoms with Gasteiger partial charge in [-0.05, 0) is 54.7 Å². The molecular weight excluding hydrogens is 382 g/mol. The van der Waals surface area contributed by atoms with Crippen molar-refractivity contribution in [3.63, 3.8) is 0 Å². The molecule has 1 heterocycles. The molecule has 1 aliphatic heterocycles. The summed E-state index contributed by atoms with van der Waals surface area (Å²) in [7, 11) is 1.71. The Kier molecular flexibility index (Phi) is 6.42. The second-order valence-corrected chi connectivity index (χ2v) is 8.88. The quantitative estimate of drug-likeness (QED) is 0.754. The number of thioether (sulfide) groups is 1. The standard InChI is InChI=1S/C23H27N3O2S/c1-14(2)17-8-10-18(11-9-17)24-23-26(5)22(28)20(29-23)13-21(27)25-19-12-15(3)6-7-16(19)4/h6-12,14,20H,13H2,1-5H3,(H,25,27)/t20-/m1/s1. The first-order chi connectivity index (χ1) is 13.7. The zero-order chi connectivity index (χ0) is 21.1. The molecule has 152 valence electrons. The number of amides is 2. The van der Waals surface area contributed by atoms with Crippen LogP contribution in [0.4, 0.5) is 11.4 Å². The molecule has 0 aromatic heterocycles. The number of amidine groups is 1. The van der Waals surface area contributed by atoms with Crippen LogP contribution in [0.5, 0.6) is 0 Å². The molecule has 0 aliphatic carbocycles. The number of hydrogen-bond donors (Lipinski definition) is 1. The molecule has 0 unspecified atom stereocenters. The molecule has 0 spiro atoms. The number of anilines is 1. The van der Waals surface area contributed by atoms with Crippen LogP contribution in [0.15, 0.2) is 47.5 Å². The fourth-order valence-corrected chi connectivity index (χ4v) is 4.24. The molecule has 3 rings (SSSR count). The van der Waals surface area contributed by atoms with Gasteiger partial charge in [0.15, 0.2) is 5.17 Å². The van der Waals surface area contributed by atoms with Gasteiger partial charge < -0.3 is 5.32 Å². The van der Waals surface area contributed by atoms with Gasteiger partial charge in [-0.15, -0.1) is 0 Å². The first kappa shape index (κ1) is 21.1. The number of hydrogen-bond acceptors (Lipinski definition) is 4. The SMILES string of the molecule is Cc1ccc(C)c(NC(=O)C[C@H]2SC(=Nc3ccc(C(C)C)cc3)N(C)C2=O)c1. The number of carbonyl (C=O) groups excluding carboxylic acids is 2. The Hall–Kier alpha value is -2.60. The van der Waals surface area contributed by atoms with Crippen LogP contribution in [0.25, 0.3) is 0 Å². The lowest BCUT2D eigenvalue weighted by molar-refractivity contribution is -0.127. The molecule has 2 aromatic carbocycles. The first-order valence-corrected chi connectivity index (χ1v) is 10.6. The van der Waals surface area contributed by atoms with Crippen molar-refractivity contribution in [3.05, 3.63) is 59.2 Å². The van der Waals surface area contributed by atoms with Crippen LogP contribution in [0.1, 0.15) is 42.9 Å². The summed E-state index contributed by atoms with van der Waals surface area (Å²) in [6.07, 6.45) is 0.118. The van der Waals surface area contributed by atoms with Crippen LogP contribution >= 0.6 is 11.8 Å². The average molecular weight is 410 g/mol. The van der Waals surface area contributed by atoms with Gasteiger partial charge in [0.1, 0.15) is 5.25 Å². The summed E-state index contributed by atoms with van der Waals surface area (Å²) in [6, 6.07) is 14.0. The van der Waals surface area contributed by atoms with Crippen molar-refractivity contribution in [2.24, 2.45) is 4.99 Å². The van der Waals surface area contributed by atoms with Crippen molar-refractivity contribution < 1.29 is 9.59 Å². The summed E-state index contributed by atoms with van der Waals surface area (Å²) in [6.45, 7) is 8.23. The van der Waals surface area contributed by atoms with E-state index in [1.54, 1.807) is 7.05 Å². The van der Waals surface area contributed by atoms with E-state index in [0.29, 0.717) is 11.1 Å². The van der Waals surface area contributed by atoms with Crippen molar-refractivity contribution in [2.75, 3.05) is 12.4 Å². The van der Waals surface area contributed by atoms with E-state index in [1.165, 1.54) is 22.2 Å². The fraction of sp³-hybridized carbons (Fsp3) is 0.348. The average Bonchev–Trinajstić information content (AvgIpc) is 2.93. The second kappa shape index (κ2) is 8.82. The highest BCUT2D eigenvalue weighted by atomic mass is 32.2. The zero-order valence-electron chi connectivity index (χ0n) is 17.5. The molecule has 5 nitrogen and oxygen atoms in total. The highest BCUT2D eigenvalue weighted by Crippen LogP contribution is 2.31. The summed E-state index contributed by atoms with van der Waals surface area (Å²) < 4.78 is 0. The van der Waals surface area contributed by atoms with Gasteiger partial charge in [-0.1, -0.05) is 49.9 Å². The second-order valence-electron chi connectivity index (χ2n) is 7.72. The van der Waals surface area contributed by atoms with E-state index >= 15 is 0 Å². The number of aliphatic imine (C=N–C) groups is 1. The third-order valence-electron chi connectivity index (χ3n) is 4.96. The third kappa shape index (κ3) is 5.07. The van der Waals surface area contributed by atoms with Crippen LogP contribution in [0, 0.1) is 13.8 Å². The van der Waals surface area contributed by atoms with E-state index in [9.17, 15) is 9.59 Å². The van der Waals surface area contributed by atoms with Gasteiger partial charge in [-0.2, -0.15) is 0 Å². The lowest BCUT2D eigenvalue weighted by Crippen LogP contribution is -2.30. The molecule has 1 aliphatic rings. The molecule has 2 amide bonds. The van der Waals surface area contributed by atoms with Gasteiger partial charge in [0.25, 0.3) is 0 Å². The zero-order valence-corrected chi connectivity index (χ0v) is 18.3. The van der Waals surface area contributed by atoms with Gasteiger partial charge in [0, 0.05) is 19.2 Å². The molecular formula is C23H27N3O2S. The maximum Gasteiger partial charge on any atom is 0.242 e. The summed E-state index contributed by atoms with van der Waals surface area (Å²) >= 11 is 1.34. The van der Waals surface area contributed by atoms with Crippen molar-refractivity contribution in [3.8, 4) is 0 Å². The minimum absolute atomic E-state index is 0.0938. The molecule has 1 fully saturated rings. The molecule has 29 heavy (non-hydrogen) atoms. The summed E-state index contributed by atoms with van der Waals surface area (Å²) in [5, 5.41) is 3.09. The van der Waals surface area contributed by atoms with Crippen LogP contribution in [0.3, 0.4) is 0 Å². The minimum Gasteiger partial charge on any atom is -0.326 e. The smallest absolute Gasteiger partial charge is 0.242 e. The Morgan fingerprint density at radius 2 is 1.86 bits per heavy atom. The maximum atomic E-state index is 12.6. The van der Waals surface area contributed by atoms with Crippen molar-refractivity contribution in [2.45, 2.75) is 45.3 Å². The summed E-state index contributed by atoms with van der Waals surface area (Å²) in [5.74, 6) is 0.200. The number of nitrogens with zero attached hydrogens (tertiary/aromatic N) is 2. The number of benzene rings is 2. The van der Waals surface area contributed by atoms with Crippen molar-refractivity contribution in [1.82, 2.24) is 4.90 Å². The molecule has 2 aromatic rings. The monoisotopic (exact) mass is 409 g/mol. The van der Waals surface area contributed by atoms with E-state index in [2.05, 4.69) is 36.3 Å². The lowest BCUT2D eigenvalue weighted by Gasteiger charge is -2.11. The van der Waals surface area contributed by atoms with Gasteiger partial charge in [-0.3, -0.25) is 14.5 Å². The Bertz CT molecular complexity index is 951. The number of rotatable bonds is 5. The van der Waals surface area contributed by atoms with Crippen LogP contribution < -0.4 is 5.32 Å². The first-order valence-electron chi connectivity index (χ1n) is 9.74. The summed E-state index contributed by atoms with van der Waals surface area (Å²) in [4.78, 5) is 31.3. The van der Waals surface area contributed by atoms with Crippen LogP contribution in [-0.2, 0) is 9.59 Å². The molecule has 0 bridgehead atoms. The molecule has 1 N–H and O–H groups in total. The van der Waals surface area contributed by atoms with Crippen LogP contribution in [-0.4, -0.2) is 34.2 Å².